The predicted molar refractivity (Wildman–Crippen MR) is 88.0 cm³/mol. The Bertz CT molecular complexity index is 633. The van der Waals surface area contributed by atoms with Crippen molar-refractivity contribution in [2.75, 3.05) is 25.0 Å². The third-order valence-electron chi connectivity index (χ3n) is 3.87. The van der Waals surface area contributed by atoms with E-state index >= 15 is 0 Å². The molecule has 0 saturated carbocycles. The topological polar surface area (TPSA) is 85.2 Å². The molecule has 6 nitrogen and oxygen atoms in total. The van der Waals surface area contributed by atoms with Crippen LogP contribution in [0.4, 0.5) is 5.69 Å². The maximum atomic E-state index is 12.0. The van der Waals surface area contributed by atoms with Crippen LogP contribution in [0.15, 0.2) is 18.2 Å². The molecule has 0 bridgehead atoms. The second-order valence-corrected chi connectivity index (χ2v) is 6.03. The summed E-state index contributed by atoms with van der Waals surface area (Å²) in [5.74, 6) is -1.35. The maximum absolute atomic E-state index is 12.0. The first-order valence-electron chi connectivity index (χ1n) is 7.47. The van der Waals surface area contributed by atoms with Crippen LogP contribution in [0.2, 0.25) is 5.02 Å². The van der Waals surface area contributed by atoms with E-state index in [-0.39, 0.29) is 6.04 Å². The highest BCUT2D eigenvalue weighted by Gasteiger charge is 2.23. The van der Waals surface area contributed by atoms with E-state index in [4.69, 9.17) is 16.9 Å². The van der Waals surface area contributed by atoms with Crippen molar-refractivity contribution in [1.29, 1.82) is 5.26 Å². The Morgan fingerprint density at radius 1 is 1.35 bits per heavy atom. The third kappa shape index (κ3) is 4.95. The van der Waals surface area contributed by atoms with E-state index < -0.39 is 11.8 Å². The molecule has 1 aromatic carbocycles. The van der Waals surface area contributed by atoms with Crippen LogP contribution in [0.5, 0.6) is 0 Å². The molecule has 0 aromatic heterocycles. The van der Waals surface area contributed by atoms with Crippen molar-refractivity contribution in [2.45, 2.75) is 25.8 Å². The van der Waals surface area contributed by atoms with Crippen LogP contribution >= 0.6 is 11.6 Å². The number of carbonyl (C=O) groups is 2. The zero-order valence-corrected chi connectivity index (χ0v) is 13.7. The molecule has 1 fully saturated rings. The summed E-state index contributed by atoms with van der Waals surface area (Å²) in [5, 5.41) is 14.5. The van der Waals surface area contributed by atoms with Crippen LogP contribution in [0.3, 0.4) is 0 Å². The molecular weight excluding hydrogens is 316 g/mol. The summed E-state index contributed by atoms with van der Waals surface area (Å²) in [6, 6.07) is 7.19. The van der Waals surface area contributed by atoms with Gasteiger partial charge in [-0.15, -0.1) is 0 Å². The Hall–Kier alpha value is -2.10. The lowest BCUT2D eigenvalue weighted by molar-refractivity contribution is -0.136. The molecule has 2 amide bonds. The van der Waals surface area contributed by atoms with E-state index in [9.17, 15) is 9.59 Å². The van der Waals surface area contributed by atoms with Crippen molar-refractivity contribution >= 4 is 29.1 Å². The van der Waals surface area contributed by atoms with Crippen LogP contribution < -0.4 is 10.6 Å². The van der Waals surface area contributed by atoms with E-state index in [0.29, 0.717) is 17.3 Å². The van der Waals surface area contributed by atoms with Crippen LogP contribution in [0.1, 0.15) is 18.4 Å². The van der Waals surface area contributed by atoms with Gasteiger partial charge in [0.05, 0.1) is 12.6 Å². The number of benzene rings is 1. The van der Waals surface area contributed by atoms with Crippen molar-refractivity contribution in [2.24, 2.45) is 0 Å². The molecular formula is C16H19ClN4O2. The van der Waals surface area contributed by atoms with Gasteiger partial charge >= 0.3 is 11.8 Å². The number of carbonyl (C=O) groups excluding carboxylic acids is 2. The summed E-state index contributed by atoms with van der Waals surface area (Å²) in [5.41, 5.74) is 1.36. The Morgan fingerprint density at radius 3 is 2.70 bits per heavy atom. The number of nitrogens with one attached hydrogen (secondary N) is 2. The zero-order chi connectivity index (χ0) is 16.8. The van der Waals surface area contributed by atoms with E-state index in [2.05, 4.69) is 16.7 Å². The van der Waals surface area contributed by atoms with Gasteiger partial charge in [-0.2, -0.15) is 5.26 Å². The van der Waals surface area contributed by atoms with Crippen molar-refractivity contribution < 1.29 is 9.59 Å². The number of nitriles is 1. The average Bonchev–Trinajstić information content (AvgIpc) is 2.53. The lowest BCUT2D eigenvalue weighted by Crippen LogP contribution is -2.47. The first kappa shape index (κ1) is 17.3. The third-order valence-corrected chi connectivity index (χ3v) is 4.11. The fraction of sp³-hybridized carbons (Fsp3) is 0.438. The highest BCUT2D eigenvalue weighted by molar-refractivity contribution is 6.40. The first-order chi connectivity index (χ1) is 11.0. The number of aryl methyl sites for hydroxylation is 1. The largest absolute Gasteiger partial charge is 0.345 e. The Labute approximate surface area is 140 Å². The van der Waals surface area contributed by atoms with E-state index in [1.54, 1.807) is 18.2 Å². The number of amides is 2. The minimum Gasteiger partial charge on any atom is -0.345 e. The van der Waals surface area contributed by atoms with Crippen molar-refractivity contribution in [3.63, 3.8) is 0 Å². The highest BCUT2D eigenvalue weighted by Crippen LogP contribution is 2.20. The fourth-order valence-corrected chi connectivity index (χ4v) is 2.67. The number of piperidine rings is 1. The molecule has 23 heavy (non-hydrogen) atoms. The van der Waals surface area contributed by atoms with E-state index in [0.717, 1.165) is 31.5 Å². The highest BCUT2D eigenvalue weighted by atomic mass is 35.5. The number of likely N-dealkylation sites (tertiary alicyclic amines) is 1. The van der Waals surface area contributed by atoms with Gasteiger partial charge < -0.3 is 10.6 Å². The quantitative estimate of drug-likeness (QED) is 0.650. The van der Waals surface area contributed by atoms with E-state index in [1.165, 1.54) is 0 Å². The predicted octanol–water partition coefficient (Wildman–Crippen LogP) is 1.69. The molecule has 0 atom stereocenters. The van der Waals surface area contributed by atoms with Gasteiger partial charge in [0.2, 0.25) is 0 Å². The minimum atomic E-state index is -0.699. The van der Waals surface area contributed by atoms with Crippen molar-refractivity contribution in [3.05, 3.63) is 28.8 Å². The lowest BCUT2D eigenvalue weighted by Gasteiger charge is -2.30. The summed E-state index contributed by atoms with van der Waals surface area (Å²) in [6.45, 7) is 3.71. The summed E-state index contributed by atoms with van der Waals surface area (Å²) in [7, 11) is 0. The zero-order valence-electron chi connectivity index (χ0n) is 12.9. The fourth-order valence-electron chi connectivity index (χ4n) is 2.49. The second kappa shape index (κ2) is 7.95. The molecule has 122 valence electrons. The van der Waals surface area contributed by atoms with Gasteiger partial charge in [-0.3, -0.25) is 14.5 Å². The molecule has 1 aliphatic rings. The van der Waals surface area contributed by atoms with Gasteiger partial charge in [-0.05, 0) is 37.5 Å². The molecule has 1 aliphatic heterocycles. The van der Waals surface area contributed by atoms with Crippen LogP contribution in [-0.2, 0) is 9.59 Å². The summed E-state index contributed by atoms with van der Waals surface area (Å²) < 4.78 is 0. The number of hydrogen-bond acceptors (Lipinski definition) is 4. The average molecular weight is 335 g/mol. The van der Waals surface area contributed by atoms with Gasteiger partial charge in [0.15, 0.2) is 0 Å². The van der Waals surface area contributed by atoms with Crippen molar-refractivity contribution in [3.8, 4) is 6.07 Å². The Balaban J connectivity index is 1.85. The van der Waals surface area contributed by atoms with Gasteiger partial charge in [-0.25, -0.2) is 0 Å². The number of rotatable bonds is 3. The van der Waals surface area contributed by atoms with E-state index in [1.807, 2.05) is 11.8 Å². The monoisotopic (exact) mass is 334 g/mol. The number of anilines is 1. The second-order valence-electron chi connectivity index (χ2n) is 5.60. The molecule has 0 aliphatic carbocycles. The van der Waals surface area contributed by atoms with Gasteiger partial charge in [0.1, 0.15) is 0 Å². The van der Waals surface area contributed by atoms with Gasteiger partial charge in [0.25, 0.3) is 0 Å². The number of nitrogens with zero attached hydrogens (tertiary/aromatic N) is 2. The molecule has 2 rings (SSSR count). The number of hydrogen-bond donors (Lipinski definition) is 2. The Kier molecular flexibility index (Phi) is 5.97. The summed E-state index contributed by atoms with van der Waals surface area (Å²) in [4.78, 5) is 26.0. The van der Waals surface area contributed by atoms with Crippen LogP contribution in [-0.4, -0.2) is 42.4 Å². The molecule has 0 unspecified atom stereocenters. The minimum absolute atomic E-state index is 0.0383. The van der Waals surface area contributed by atoms with Crippen molar-refractivity contribution in [1.82, 2.24) is 10.2 Å². The molecule has 2 N–H and O–H groups in total. The summed E-state index contributed by atoms with van der Waals surface area (Å²) in [6.07, 6.45) is 1.47. The smallest absolute Gasteiger partial charge is 0.313 e. The maximum Gasteiger partial charge on any atom is 0.313 e. The molecule has 1 aromatic rings. The molecule has 0 spiro atoms. The normalized spacial score (nSPS) is 15.7. The van der Waals surface area contributed by atoms with Crippen LogP contribution in [0.25, 0.3) is 0 Å². The molecule has 7 heteroatoms. The molecule has 0 radical (unpaired) electrons. The molecule has 1 saturated heterocycles. The van der Waals surface area contributed by atoms with Gasteiger partial charge in [0, 0.05) is 29.8 Å². The first-order valence-corrected chi connectivity index (χ1v) is 7.84. The SMILES string of the molecule is Cc1ccc(Cl)cc1NC(=O)C(=O)NC1CCN(CC#N)CC1. The lowest BCUT2D eigenvalue weighted by atomic mass is 10.1. The number of halogens is 1. The van der Waals surface area contributed by atoms with Gasteiger partial charge in [-0.1, -0.05) is 17.7 Å². The van der Waals surface area contributed by atoms with Crippen LogP contribution in [0, 0.1) is 18.3 Å². The Morgan fingerprint density at radius 2 is 2.04 bits per heavy atom. The molecule has 1 heterocycles. The standard InChI is InChI=1S/C16H19ClN4O2/c1-11-2-3-12(17)10-14(11)20-16(23)15(22)19-13-4-7-21(8-5-13)9-6-18/h2-3,10,13H,4-5,7-9H2,1H3,(H,19,22)(H,20,23). The summed E-state index contributed by atoms with van der Waals surface area (Å²) >= 11 is 5.90.